The zero-order valence-corrected chi connectivity index (χ0v) is 14.7. The highest BCUT2D eigenvalue weighted by Gasteiger charge is 2.20. The van der Waals surface area contributed by atoms with E-state index in [1.165, 1.54) is 4.70 Å². The number of hydrogen-bond acceptors (Lipinski definition) is 5. The van der Waals surface area contributed by atoms with Crippen molar-refractivity contribution >= 4 is 21.6 Å². The van der Waals surface area contributed by atoms with E-state index in [1.54, 1.807) is 22.1 Å². The molecule has 0 atom stereocenters. The number of nitrogens with zero attached hydrogens (tertiary/aromatic N) is 4. The van der Waals surface area contributed by atoms with Crippen molar-refractivity contribution in [3.05, 3.63) is 57.0 Å². The molecule has 0 N–H and O–H groups in total. The van der Waals surface area contributed by atoms with Gasteiger partial charge in [-0.3, -0.25) is 9.69 Å². The van der Waals surface area contributed by atoms with E-state index in [9.17, 15) is 4.79 Å². The topological polar surface area (TPSA) is 51.0 Å². The summed E-state index contributed by atoms with van der Waals surface area (Å²) in [6.45, 7) is 6.52. The van der Waals surface area contributed by atoms with Crippen LogP contribution in [0.5, 0.6) is 0 Å². The predicted molar refractivity (Wildman–Crippen MR) is 96.3 cm³/mol. The Labute approximate surface area is 144 Å². The highest BCUT2D eigenvalue weighted by atomic mass is 32.1. The molecule has 0 spiro atoms. The van der Waals surface area contributed by atoms with Crippen molar-refractivity contribution in [2.75, 3.05) is 6.54 Å². The molecular weight excluding hydrogens is 320 g/mol. The summed E-state index contributed by atoms with van der Waals surface area (Å²) >= 11 is 1.75. The molecule has 0 radical (unpaired) electrons. The van der Waals surface area contributed by atoms with Gasteiger partial charge in [0.2, 0.25) is 0 Å². The molecule has 0 fully saturated rings. The second-order valence-corrected chi connectivity index (χ2v) is 7.64. The summed E-state index contributed by atoms with van der Waals surface area (Å²) in [7, 11) is 0. The zero-order valence-electron chi connectivity index (χ0n) is 13.9. The third-order valence-corrected chi connectivity index (χ3v) is 5.39. The van der Waals surface area contributed by atoms with Crippen molar-refractivity contribution in [1.82, 2.24) is 19.7 Å². The van der Waals surface area contributed by atoms with Gasteiger partial charge in [0.1, 0.15) is 5.01 Å². The summed E-state index contributed by atoms with van der Waals surface area (Å²) < 4.78 is 2.81. The van der Waals surface area contributed by atoms with E-state index in [-0.39, 0.29) is 11.6 Å². The largest absolute Gasteiger partial charge is 0.292 e. The number of fused-ring (bicyclic) bond motifs is 2. The lowest BCUT2D eigenvalue weighted by Crippen LogP contribution is -2.35. The van der Waals surface area contributed by atoms with E-state index in [0.717, 1.165) is 47.8 Å². The Hall–Kier alpha value is -2.05. The SMILES string of the molecule is CC(C)n1nc2c(cc1=O)CN(Cc1nc3ccccc3s1)CC2. The molecule has 4 rings (SSSR count). The summed E-state index contributed by atoms with van der Waals surface area (Å²) in [6.07, 6.45) is 0.882. The molecule has 2 aromatic heterocycles. The van der Waals surface area contributed by atoms with Crippen LogP contribution in [-0.4, -0.2) is 26.2 Å². The lowest BCUT2D eigenvalue weighted by atomic mass is 10.1. The third kappa shape index (κ3) is 2.87. The van der Waals surface area contributed by atoms with E-state index in [1.807, 2.05) is 26.0 Å². The summed E-state index contributed by atoms with van der Waals surface area (Å²) in [5, 5.41) is 5.68. The Bertz CT molecular complexity index is 911. The fourth-order valence-corrected chi connectivity index (χ4v) is 4.17. The minimum Gasteiger partial charge on any atom is -0.292 e. The Morgan fingerprint density at radius 2 is 2.12 bits per heavy atom. The van der Waals surface area contributed by atoms with Crippen LogP contribution in [0.3, 0.4) is 0 Å². The summed E-state index contributed by atoms with van der Waals surface area (Å²) in [4.78, 5) is 19.2. The molecule has 0 saturated carbocycles. The predicted octanol–water partition coefficient (Wildman–Crippen LogP) is 2.99. The third-order valence-electron chi connectivity index (χ3n) is 4.37. The van der Waals surface area contributed by atoms with Crippen molar-refractivity contribution in [3.63, 3.8) is 0 Å². The molecule has 3 aromatic rings. The van der Waals surface area contributed by atoms with E-state index < -0.39 is 0 Å². The van der Waals surface area contributed by atoms with Gasteiger partial charge in [-0.2, -0.15) is 5.10 Å². The maximum absolute atomic E-state index is 12.2. The lowest BCUT2D eigenvalue weighted by molar-refractivity contribution is 0.240. The smallest absolute Gasteiger partial charge is 0.267 e. The van der Waals surface area contributed by atoms with Crippen LogP contribution in [0.1, 0.15) is 36.2 Å². The van der Waals surface area contributed by atoms with Crippen LogP contribution in [0.15, 0.2) is 35.1 Å². The van der Waals surface area contributed by atoms with Crippen LogP contribution in [-0.2, 0) is 19.5 Å². The minimum atomic E-state index is -0.00872. The molecule has 6 heteroatoms. The first kappa shape index (κ1) is 15.5. The van der Waals surface area contributed by atoms with E-state index in [4.69, 9.17) is 4.98 Å². The van der Waals surface area contributed by atoms with Gasteiger partial charge in [0.25, 0.3) is 5.56 Å². The molecule has 24 heavy (non-hydrogen) atoms. The van der Waals surface area contributed by atoms with Crippen LogP contribution >= 0.6 is 11.3 Å². The van der Waals surface area contributed by atoms with Crippen LogP contribution in [0.25, 0.3) is 10.2 Å². The molecule has 5 nitrogen and oxygen atoms in total. The van der Waals surface area contributed by atoms with Crippen molar-refractivity contribution in [2.45, 2.75) is 39.4 Å². The number of rotatable bonds is 3. The number of benzene rings is 1. The van der Waals surface area contributed by atoms with Gasteiger partial charge in [0.15, 0.2) is 0 Å². The Kier molecular flexibility index (Phi) is 3.94. The molecule has 0 aliphatic carbocycles. The minimum absolute atomic E-state index is 0.00872. The van der Waals surface area contributed by atoms with Gasteiger partial charge >= 0.3 is 0 Å². The van der Waals surface area contributed by atoms with Crippen molar-refractivity contribution in [3.8, 4) is 0 Å². The zero-order chi connectivity index (χ0) is 16.7. The van der Waals surface area contributed by atoms with Crippen LogP contribution in [0, 0.1) is 0 Å². The van der Waals surface area contributed by atoms with Crippen LogP contribution < -0.4 is 5.56 Å². The van der Waals surface area contributed by atoms with Crippen molar-refractivity contribution < 1.29 is 0 Å². The number of aromatic nitrogens is 3. The van der Waals surface area contributed by atoms with Gasteiger partial charge in [-0.15, -0.1) is 11.3 Å². The van der Waals surface area contributed by atoms with Gasteiger partial charge < -0.3 is 0 Å². The summed E-state index contributed by atoms with van der Waals surface area (Å²) in [5.41, 5.74) is 3.18. The highest BCUT2D eigenvalue weighted by Crippen LogP contribution is 2.24. The standard InChI is InChI=1S/C18H20N4OS/c1-12(2)22-18(23)9-13-10-21(8-7-14(13)20-22)11-17-19-15-5-3-4-6-16(15)24-17/h3-6,9,12H,7-8,10-11H2,1-2H3. The molecule has 0 bridgehead atoms. The first-order valence-electron chi connectivity index (χ1n) is 8.28. The average molecular weight is 340 g/mol. The lowest BCUT2D eigenvalue weighted by Gasteiger charge is -2.27. The molecule has 1 aliphatic heterocycles. The number of hydrogen-bond donors (Lipinski definition) is 0. The maximum atomic E-state index is 12.2. The summed E-state index contributed by atoms with van der Waals surface area (Å²) in [6, 6.07) is 10.1. The van der Waals surface area contributed by atoms with Crippen molar-refractivity contribution in [1.29, 1.82) is 0 Å². The fraction of sp³-hybridized carbons (Fsp3) is 0.389. The first-order valence-corrected chi connectivity index (χ1v) is 9.10. The maximum Gasteiger partial charge on any atom is 0.267 e. The fourth-order valence-electron chi connectivity index (χ4n) is 3.16. The first-order chi connectivity index (χ1) is 11.6. The van der Waals surface area contributed by atoms with Gasteiger partial charge in [0.05, 0.1) is 28.5 Å². The van der Waals surface area contributed by atoms with E-state index in [2.05, 4.69) is 22.1 Å². The average Bonchev–Trinajstić information content (AvgIpc) is 2.96. The van der Waals surface area contributed by atoms with Crippen molar-refractivity contribution in [2.24, 2.45) is 0 Å². The van der Waals surface area contributed by atoms with Crippen LogP contribution in [0.4, 0.5) is 0 Å². The molecule has 0 unspecified atom stereocenters. The second-order valence-electron chi connectivity index (χ2n) is 6.53. The summed E-state index contributed by atoms with van der Waals surface area (Å²) in [5.74, 6) is 0. The molecule has 1 aromatic carbocycles. The molecule has 0 amide bonds. The van der Waals surface area contributed by atoms with Gasteiger partial charge in [0, 0.05) is 25.6 Å². The van der Waals surface area contributed by atoms with E-state index >= 15 is 0 Å². The second kappa shape index (κ2) is 6.11. The number of para-hydroxylation sites is 1. The Morgan fingerprint density at radius 3 is 2.92 bits per heavy atom. The molecular formula is C18H20N4OS. The Morgan fingerprint density at radius 1 is 1.29 bits per heavy atom. The van der Waals surface area contributed by atoms with Gasteiger partial charge in [-0.25, -0.2) is 9.67 Å². The number of thiazole rings is 1. The molecule has 124 valence electrons. The Balaban J connectivity index is 1.55. The molecule has 0 saturated heterocycles. The van der Waals surface area contributed by atoms with Gasteiger partial charge in [-0.1, -0.05) is 12.1 Å². The monoisotopic (exact) mass is 340 g/mol. The molecule has 1 aliphatic rings. The van der Waals surface area contributed by atoms with Crippen LogP contribution in [0.2, 0.25) is 0 Å². The normalized spacial score (nSPS) is 15.1. The quantitative estimate of drug-likeness (QED) is 0.735. The van der Waals surface area contributed by atoms with Gasteiger partial charge in [-0.05, 0) is 31.5 Å². The molecule has 3 heterocycles. The highest BCUT2D eigenvalue weighted by molar-refractivity contribution is 7.18. The van der Waals surface area contributed by atoms with E-state index in [0.29, 0.717) is 0 Å².